The van der Waals surface area contributed by atoms with Crippen LogP contribution in [0.25, 0.3) is 0 Å². The second kappa shape index (κ2) is 7.06. The minimum absolute atomic E-state index is 0.118. The number of nitrogens with one attached hydrogen (secondary N) is 1. The molecule has 0 spiro atoms. The molecule has 0 aliphatic rings. The lowest BCUT2D eigenvalue weighted by atomic mass is 10.1. The van der Waals surface area contributed by atoms with Crippen LogP contribution < -0.4 is 5.32 Å². The summed E-state index contributed by atoms with van der Waals surface area (Å²) in [6, 6.07) is 5.76. The lowest BCUT2D eigenvalue weighted by Gasteiger charge is -2.07. The first-order chi connectivity index (χ1) is 8.52. The normalized spacial score (nSPS) is 9.94. The highest BCUT2D eigenvalue weighted by atomic mass is 32.2. The topological polar surface area (TPSA) is 55.4 Å². The van der Waals surface area contributed by atoms with Gasteiger partial charge in [0.2, 0.25) is 5.91 Å². The van der Waals surface area contributed by atoms with Crippen LogP contribution in [0.15, 0.2) is 18.2 Å². The summed E-state index contributed by atoms with van der Waals surface area (Å²) in [6.07, 6.45) is 0. The summed E-state index contributed by atoms with van der Waals surface area (Å²) >= 11 is 1.23. The van der Waals surface area contributed by atoms with Crippen molar-refractivity contribution in [2.45, 2.75) is 13.8 Å². The molecule has 0 unspecified atom stereocenters. The summed E-state index contributed by atoms with van der Waals surface area (Å²) in [5.41, 5.74) is 3.10. The quantitative estimate of drug-likeness (QED) is 0.831. The van der Waals surface area contributed by atoms with Crippen molar-refractivity contribution in [1.29, 1.82) is 0 Å². The number of ether oxygens (including phenoxy) is 1. The van der Waals surface area contributed by atoms with Crippen molar-refractivity contribution in [2.24, 2.45) is 0 Å². The minimum atomic E-state index is -0.320. The molecule has 0 heterocycles. The average Bonchev–Trinajstić information content (AvgIpc) is 2.33. The molecule has 0 aromatic heterocycles. The minimum Gasteiger partial charge on any atom is -0.468 e. The predicted molar refractivity (Wildman–Crippen MR) is 73.9 cm³/mol. The van der Waals surface area contributed by atoms with E-state index in [1.807, 2.05) is 32.0 Å². The molecule has 0 aliphatic heterocycles. The standard InChI is InChI=1S/C13H17NO3S/c1-9-4-5-11(6-10(9)2)14-12(15)7-18-8-13(16)17-3/h4-6H,7-8H2,1-3H3,(H,14,15). The van der Waals surface area contributed by atoms with Gasteiger partial charge in [0.25, 0.3) is 0 Å². The second-order valence-electron chi connectivity index (χ2n) is 3.92. The van der Waals surface area contributed by atoms with E-state index in [1.54, 1.807) is 0 Å². The summed E-state index contributed by atoms with van der Waals surface area (Å²) < 4.78 is 4.49. The maximum absolute atomic E-state index is 11.6. The highest BCUT2D eigenvalue weighted by Crippen LogP contribution is 2.14. The third-order valence-corrected chi connectivity index (χ3v) is 3.38. The van der Waals surface area contributed by atoms with Gasteiger partial charge in [0.1, 0.15) is 0 Å². The molecule has 1 rings (SSSR count). The van der Waals surface area contributed by atoms with Crippen LogP contribution >= 0.6 is 11.8 Å². The summed E-state index contributed by atoms with van der Waals surface area (Å²) in [5.74, 6) is -0.00933. The number of esters is 1. The van der Waals surface area contributed by atoms with Crippen molar-refractivity contribution < 1.29 is 14.3 Å². The number of methoxy groups -OCH3 is 1. The third-order valence-electron chi connectivity index (χ3n) is 2.47. The monoisotopic (exact) mass is 267 g/mol. The average molecular weight is 267 g/mol. The Balaban J connectivity index is 2.40. The molecule has 0 atom stereocenters. The van der Waals surface area contributed by atoms with Gasteiger partial charge in [-0.25, -0.2) is 0 Å². The number of amides is 1. The molecule has 98 valence electrons. The molecule has 1 aromatic carbocycles. The Morgan fingerprint density at radius 2 is 1.94 bits per heavy atom. The van der Waals surface area contributed by atoms with E-state index in [1.165, 1.54) is 24.4 Å². The fourth-order valence-electron chi connectivity index (χ4n) is 1.30. The van der Waals surface area contributed by atoms with Crippen LogP contribution in [0.1, 0.15) is 11.1 Å². The molecule has 18 heavy (non-hydrogen) atoms. The summed E-state index contributed by atoms with van der Waals surface area (Å²) in [5, 5.41) is 2.79. The molecular weight excluding hydrogens is 250 g/mol. The van der Waals surface area contributed by atoms with E-state index >= 15 is 0 Å². The van der Waals surface area contributed by atoms with E-state index in [2.05, 4.69) is 10.1 Å². The van der Waals surface area contributed by atoms with E-state index < -0.39 is 0 Å². The molecule has 0 saturated carbocycles. The van der Waals surface area contributed by atoms with Gasteiger partial charge in [-0.15, -0.1) is 11.8 Å². The van der Waals surface area contributed by atoms with Gasteiger partial charge in [-0.05, 0) is 37.1 Å². The fraction of sp³-hybridized carbons (Fsp3) is 0.385. The van der Waals surface area contributed by atoms with Crippen LogP contribution in [-0.4, -0.2) is 30.5 Å². The Kier molecular flexibility index (Phi) is 5.71. The summed E-state index contributed by atoms with van der Waals surface area (Å²) in [6.45, 7) is 4.02. The van der Waals surface area contributed by atoms with E-state index in [0.29, 0.717) is 0 Å². The highest BCUT2D eigenvalue weighted by Gasteiger charge is 2.06. The summed E-state index contributed by atoms with van der Waals surface area (Å²) in [4.78, 5) is 22.5. The maximum Gasteiger partial charge on any atom is 0.315 e. The zero-order valence-corrected chi connectivity index (χ0v) is 11.6. The lowest BCUT2D eigenvalue weighted by Crippen LogP contribution is -2.16. The van der Waals surface area contributed by atoms with E-state index in [4.69, 9.17) is 0 Å². The predicted octanol–water partition coefficient (Wildman–Crippen LogP) is 2.15. The number of anilines is 1. The van der Waals surface area contributed by atoms with Gasteiger partial charge in [-0.1, -0.05) is 6.07 Å². The SMILES string of the molecule is COC(=O)CSCC(=O)Nc1ccc(C)c(C)c1. The van der Waals surface area contributed by atoms with Crippen molar-refractivity contribution in [2.75, 3.05) is 23.9 Å². The van der Waals surface area contributed by atoms with Crippen LogP contribution in [0.4, 0.5) is 5.69 Å². The Bertz CT molecular complexity index is 446. The number of rotatable bonds is 5. The largest absolute Gasteiger partial charge is 0.468 e. The van der Waals surface area contributed by atoms with E-state index in [-0.39, 0.29) is 23.4 Å². The van der Waals surface area contributed by atoms with Gasteiger partial charge in [0.05, 0.1) is 18.6 Å². The van der Waals surface area contributed by atoms with Crippen molar-refractivity contribution in [3.63, 3.8) is 0 Å². The number of hydrogen-bond acceptors (Lipinski definition) is 4. The first kappa shape index (κ1) is 14.6. The van der Waals surface area contributed by atoms with E-state index in [0.717, 1.165) is 11.3 Å². The van der Waals surface area contributed by atoms with Gasteiger partial charge in [0, 0.05) is 5.69 Å². The first-order valence-electron chi connectivity index (χ1n) is 5.54. The third kappa shape index (κ3) is 4.79. The molecule has 0 saturated heterocycles. The molecular formula is C13H17NO3S. The smallest absolute Gasteiger partial charge is 0.315 e. The Morgan fingerprint density at radius 3 is 2.56 bits per heavy atom. The molecule has 0 fully saturated rings. The number of hydrogen-bond donors (Lipinski definition) is 1. The molecule has 4 nitrogen and oxygen atoms in total. The van der Waals surface area contributed by atoms with Crippen molar-refractivity contribution in [1.82, 2.24) is 0 Å². The number of carbonyl (C=O) groups excluding carboxylic acids is 2. The molecule has 0 bridgehead atoms. The molecule has 5 heteroatoms. The van der Waals surface area contributed by atoms with Gasteiger partial charge in [-0.2, -0.15) is 0 Å². The zero-order chi connectivity index (χ0) is 13.5. The second-order valence-corrected chi connectivity index (χ2v) is 4.90. The van der Waals surface area contributed by atoms with Gasteiger partial charge in [0.15, 0.2) is 0 Å². The zero-order valence-electron chi connectivity index (χ0n) is 10.8. The van der Waals surface area contributed by atoms with Gasteiger partial charge in [-0.3, -0.25) is 9.59 Å². The molecule has 0 radical (unpaired) electrons. The molecule has 0 aliphatic carbocycles. The van der Waals surface area contributed by atoms with Crippen LogP contribution in [0.5, 0.6) is 0 Å². The highest BCUT2D eigenvalue weighted by molar-refractivity contribution is 8.00. The van der Waals surface area contributed by atoms with Crippen molar-refractivity contribution in [3.8, 4) is 0 Å². The van der Waals surface area contributed by atoms with E-state index in [9.17, 15) is 9.59 Å². The number of carbonyl (C=O) groups is 2. The fourth-order valence-corrected chi connectivity index (χ4v) is 1.95. The summed E-state index contributed by atoms with van der Waals surface area (Å²) in [7, 11) is 1.33. The van der Waals surface area contributed by atoms with Crippen LogP contribution in [-0.2, 0) is 14.3 Å². The number of benzene rings is 1. The number of aryl methyl sites for hydroxylation is 2. The first-order valence-corrected chi connectivity index (χ1v) is 6.70. The van der Waals surface area contributed by atoms with Crippen LogP contribution in [0.2, 0.25) is 0 Å². The van der Waals surface area contributed by atoms with Crippen LogP contribution in [0.3, 0.4) is 0 Å². The van der Waals surface area contributed by atoms with Gasteiger partial charge >= 0.3 is 5.97 Å². The Hall–Kier alpha value is -1.49. The van der Waals surface area contributed by atoms with Crippen LogP contribution in [0, 0.1) is 13.8 Å². The molecule has 1 N–H and O–H groups in total. The van der Waals surface area contributed by atoms with Crippen molar-refractivity contribution in [3.05, 3.63) is 29.3 Å². The number of thioether (sulfide) groups is 1. The van der Waals surface area contributed by atoms with Crippen molar-refractivity contribution >= 4 is 29.3 Å². The van der Waals surface area contributed by atoms with Gasteiger partial charge < -0.3 is 10.1 Å². The molecule has 1 amide bonds. The molecule has 1 aromatic rings. The Morgan fingerprint density at radius 1 is 1.22 bits per heavy atom. The lowest BCUT2D eigenvalue weighted by molar-refractivity contribution is -0.137. The maximum atomic E-state index is 11.6. The Labute approximate surface area is 111 Å².